The highest BCUT2D eigenvalue weighted by Crippen LogP contribution is 2.17. The fourth-order valence-corrected chi connectivity index (χ4v) is 1.20. The van der Waals surface area contributed by atoms with Crippen molar-refractivity contribution >= 4 is 5.82 Å². The largest absolute Gasteiger partial charge is 0.381 e. The van der Waals surface area contributed by atoms with Crippen LogP contribution in [0, 0.1) is 0 Å². The summed E-state index contributed by atoms with van der Waals surface area (Å²) in [4.78, 5) is 0. The molecule has 5 heteroatoms. The Bertz CT molecular complexity index is 240. The van der Waals surface area contributed by atoms with Crippen molar-refractivity contribution in [3.63, 3.8) is 0 Å². The maximum atomic E-state index is 5.41. The normalized spacial score (nSPS) is 24.2. The van der Waals surface area contributed by atoms with Crippen LogP contribution in [-0.2, 0) is 4.74 Å². The lowest BCUT2D eigenvalue weighted by molar-refractivity contribution is 0.184. The van der Waals surface area contributed by atoms with Crippen molar-refractivity contribution in [3.05, 3.63) is 6.20 Å². The third-order valence-corrected chi connectivity index (χ3v) is 1.81. The molecular weight excluding hydrogens is 144 g/mol. The summed E-state index contributed by atoms with van der Waals surface area (Å²) in [6.07, 6.45) is 2.74. The molecule has 0 aliphatic carbocycles. The number of rotatable bonds is 1. The van der Waals surface area contributed by atoms with Gasteiger partial charge in [0, 0.05) is 6.61 Å². The fourth-order valence-electron chi connectivity index (χ4n) is 1.20. The van der Waals surface area contributed by atoms with E-state index in [0.717, 1.165) is 19.6 Å². The highest BCUT2D eigenvalue weighted by molar-refractivity contribution is 5.20. The quantitative estimate of drug-likeness (QED) is 0.609. The number of aromatic nitrogens is 3. The summed E-state index contributed by atoms with van der Waals surface area (Å²) in [6.45, 7) is 1.53. The summed E-state index contributed by atoms with van der Waals surface area (Å²) in [7, 11) is 0. The number of nitrogens with zero attached hydrogens (tertiary/aromatic N) is 3. The smallest absolute Gasteiger partial charge is 0.165 e. The summed E-state index contributed by atoms with van der Waals surface area (Å²) in [5.74, 6) is 0.469. The number of hydrogen-bond acceptors (Lipinski definition) is 4. The third kappa shape index (κ3) is 1.19. The minimum atomic E-state index is 0.333. The molecule has 0 radical (unpaired) electrons. The molecule has 1 atom stereocenters. The van der Waals surface area contributed by atoms with Gasteiger partial charge in [-0.2, -0.15) is 0 Å². The van der Waals surface area contributed by atoms with Gasteiger partial charge in [-0.05, 0) is 6.42 Å². The van der Waals surface area contributed by atoms with Crippen LogP contribution in [0.2, 0.25) is 0 Å². The van der Waals surface area contributed by atoms with Crippen LogP contribution < -0.4 is 5.73 Å². The highest BCUT2D eigenvalue weighted by atomic mass is 16.5. The van der Waals surface area contributed by atoms with Crippen LogP contribution in [-0.4, -0.2) is 28.2 Å². The average Bonchev–Trinajstić information content (AvgIpc) is 2.55. The molecule has 1 aliphatic heterocycles. The molecule has 0 unspecified atom stereocenters. The van der Waals surface area contributed by atoms with E-state index in [2.05, 4.69) is 10.3 Å². The topological polar surface area (TPSA) is 66.0 Å². The van der Waals surface area contributed by atoms with Gasteiger partial charge < -0.3 is 10.5 Å². The summed E-state index contributed by atoms with van der Waals surface area (Å²) in [5.41, 5.74) is 5.41. The minimum absolute atomic E-state index is 0.333. The second-order valence-electron chi connectivity index (χ2n) is 2.64. The first kappa shape index (κ1) is 6.60. The summed E-state index contributed by atoms with van der Waals surface area (Å²) in [5, 5.41) is 7.56. The zero-order valence-corrected chi connectivity index (χ0v) is 6.10. The van der Waals surface area contributed by atoms with Crippen LogP contribution >= 0.6 is 0 Å². The first-order valence-electron chi connectivity index (χ1n) is 3.61. The third-order valence-electron chi connectivity index (χ3n) is 1.81. The van der Waals surface area contributed by atoms with Crippen molar-refractivity contribution in [2.45, 2.75) is 12.5 Å². The van der Waals surface area contributed by atoms with Crippen LogP contribution in [0.4, 0.5) is 5.82 Å². The van der Waals surface area contributed by atoms with Crippen molar-refractivity contribution in [2.24, 2.45) is 0 Å². The van der Waals surface area contributed by atoms with Gasteiger partial charge in [0.2, 0.25) is 0 Å². The van der Waals surface area contributed by atoms with E-state index in [0.29, 0.717) is 11.9 Å². The first-order valence-corrected chi connectivity index (χ1v) is 3.61. The molecule has 1 saturated heterocycles. The van der Waals surface area contributed by atoms with E-state index < -0.39 is 0 Å². The molecule has 1 aromatic rings. The number of hydrogen-bond donors (Lipinski definition) is 1. The van der Waals surface area contributed by atoms with Crippen LogP contribution in [0.3, 0.4) is 0 Å². The van der Waals surface area contributed by atoms with Gasteiger partial charge in [-0.25, -0.2) is 4.68 Å². The molecular formula is C6H10N4O. The van der Waals surface area contributed by atoms with Crippen molar-refractivity contribution in [1.29, 1.82) is 0 Å². The monoisotopic (exact) mass is 154 g/mol. The highest BCUT2D eigenvalue weighted by Gasteiger charge is 2.18. The predicted octanol–water partition coefficient (Wildman–Crippen LogP) is -0.178. The number of ether oxygens (including phenoxy) is 1. The predicted molar refractivity (Wildman–Crippen MR) is 38.9 cm³/mol. The average molecular weight is 154 g/mol. The first-order chi connectivity index (χ1) is 5.36. The SMILES string of the molecule is Nc1cn([C@@H]2CCOC2)nn1. The lowest BCUT2D eigenvalue weighted by atomic mass is 10.3. The van der Waals surface area contributed by atoms with E-state index in [1.807, 2.05) is 0 Å². The maximum Gasteiger partial charge on any atom is 0.165 e. The summed E-state index contributed by atoms with van der Waals surface area (Å²) >= 11 is 0. The molecule has 1 aromatic heterocycles. The molecule has 5 nitrogen and oxygen atoms in total. The zero-order valence-electron chi connectivity index (χ0n) is 6.10. The Morgan fingerprint density at radius 3 is 3.18 bits per heavy atom. The van der Waals surface area contributed by atoms with E-state index in [1.54, 1.807) is 10.9 Å². The maximum absolute atomic E-state index is 5.41. The number of nitrogen functional groups attached to an aromatic ring is 1. The van der Waals surface area contributed by atoms with Crippen LogP contribution in [0.15, 0.2) is 6.20 Å². The number of nitrogens with two attached hydrogens (primary N) is 1. The Labute approximate surface area is 64.1 Å². The zero-order chi connectivity index (χ0) is 7.68. The van der Waals surface area contributed by atoms with Gasteiger partial charge in [-0.1, -0.05) is 5.21 Å². The summed E-state index contributed by atoms with van der Waals surface area (Å²) in [6, 6.07) is 0.333. The molecule has 0 bridgehead atoms. The molecule has 1 fully saturated rings. The van der Waals surface area contributed by atoms with E-state index in [9.17, 15) is 0 Å². The molecule has 2 rings (SSSR count). The minimum Gasteiger partial charge on any atom is -0.381 e. The molecule has 2 N–H and O–H groups in total. The second kappa shape index (κ2) is 2.50. The lowest BCUT2D eigenvalue weighted by Crippen LogP contribution is -2.08. The molecule has 0 saturated carbocycles. The van der Waals surface area contributed by atoms with E-state index >= 15 is 0 Å². The van der Waals surface area contributed by atoms with Gasteiger partial charge in [0.1, 0.15) is 0 Å². The molecule has 0 aromatic carbocycles. The van der Waals surface area contributed by atoms with Gasteiger partial charge in [-0.15, -0.1) is 5.10 Å². The second-order valence-corrected chi connectivity index (χ2v) is 2.64. The van der Waals surface area contributed by atoms with Gasteiger partial charge in [-0.3, -0.25) is 0 Å². The van der Waals surface area contributed by atoms with Crippen molar-refractivity contribution < 1.29 is 4.74 Å². The van der Waals surface area contributed by atoms with E-state index in [1.165, 1.54) is 0 Å². The van der Waals surface area contributed by atoms with Crippen LogP contribution in [0.5, 0.6) is 0 Å². The van der Waals surface area contributed by atoms with E-state index in [4.69, 9.17) is 10.5 Å². The fraction of sp³-hybridized carbons (Fsp3) is 0.667. The van der Waals surface area contributed by atoms with Crippen LogP contribution in [0.25, 0.3) is 0 Å². The lowest BCUT2D eigenvalue weighted by Gasteiger charge is -2.04. The molecule has 11 heavy (non-hydrogen) atoms. The Kier molecular flexibility index (Phi) is 1.50. The molecule has 1 aliphatic rings. The van der Waals surface area contributed by atoms with Gasteiger partial charge in [0.25, 0.3) is 0 Å². The summed E-state index contributed by atoms with van der Waals surface area (Å²) < 4.78 is 6.96. The van der Waals surface area contributed by atoms with Crippen molar-refractivity contribution in [2.75, 3.05) is 18.9 Å². The van der Waals surface area contributed by atoms with Gasteiger partial charge in [0.15, 0.2) is 5.82 Å². The Morgan fingerprint density at radius 1 is 1.73 bits per heavy atom. The molecule has 0 amide bonds. The Hall–Kier alpha value is -1.10. The van der Waals surface area contributed by atoms with Crippen molar-refractivity contribution in [3.8, 4) is 0 Å². The molecule has 0 spiro atoms. The van der Waals surface area contributed by atoms with E-state index in [-0.39, 0.29) is 0 Å². The Morgan fingerprint density at radius 2 is 2.64 bits per heavy atom. The molecule has 2 heterocycles. The number of anilines is 1. The van der Waals surface area contributed by atoms with Crippen molar-refractivity contribution in [1.82, 2.24) is 15.0 Å². The van der Waals surface area contributed by atoms with Crippen LogP contribution in [0.1, 0.15) is 12.5 Å². The Balaban J connectivity index is 2.15. The van der Waals surface area contributed by atoms with Gasteiger partial charge in [0.05, 0.1) is 18.8 Å². The molecule has 60 valence electrons. The standard InChI is InChI=1S/C6H10N4O/c7-6-3-10(9-8-6)5-1-2-11-4-5/h3,5H,1-2,4,7H2/t5-/m1/s1. The van der Waals surface area contributed by atoms with Gasteiger partial charge >= 0.3 is 0 Å².